The third-order valence-corrected chi connectivity index (χ3v) is 4.86. The fourth-order valence-electron chi connectivity index (χ4n) is 3.41. The molecule has 0 unspecified atom stereocenters. The number of aromatic nitrogens is 4. The Morgan fingerprint density at radius 3 is 2.65 bits per heavy atom. The minimum absolute atomic E-state index is 0.00602. The van der Waals surface area contributed by atoms with Crippen molar-refractivity contribution in [2.75, 3.05) is 7.11 Å². The number of halogens is 2. The van der Waals surface area contributed by atoms with Gasteiger partial charge < -0.3 is 9.30 Å². The van der Waals surface area contributed by atoms with E-state index in [1.54, 1.807) is 24.3 Å². The Kier molecular flexibility index (Phi) is 5.24. The molecule has 158 valence electrons. The van der Waals surface area contributed by atoms with Gasteiger partial charge in [-0.2, -0.15) is 0 Å². The number of hydrogen-bond acceptors (Lipinski definition) is 4. The van der Waals surface area contributed by atoms with Crippen LogP contribution in [-0.4, -0.2) is 25.8 Å². The summed E-state index contributed by atoms with van der Waals surface area (Å²) in [5, 5.41) is 0. The minimum Gasteiger partial charge on any atom is -0.497 e. The van der Waals surface area contributed by atoms with Crippen molar-refractivity contribution in [3.05, 3.63) is 99.5 Å². The van der Waals surface area contributed by atoms with Crippen molar-refractivity contribution in [2.24, 2.45) is 0 Å². The molecule has 7 nitrogen and oxygen atoms in total. The monoisotopic (exact) mass is 424 g/mol. The van der Waals surface area contributed by atoms with Crippen LogP contribution in [0.25, 0.3) is 16.9 Å². The summed E-state index contributed by atoms with van der Waals surface area (Å²) in [4.78, 5) is 30.5. The Balaban J connectivity index is 1.98. The van der Waals surface area contributed by atoms with E-state index in [1.165, 1.54) is 34.7 Å². The second-order valence-electron chi connectivity index (χ2n) is 6.82. The number of fused-ring (bicyclic) bond motifs is 1. The first-order valence-electron chi connectivity index (χ1n) is 9.34. The van der Waals surface area contributed by atoms with E-state index in [4.69, 9.17) is 4.74 Å². The Morgan fingerprint density at radius 1 is 1.13 bits per heavy atom. The lowest BCUT2D eigenvalue weighted by Gasteiger charge is -2.12. The summed E-state index contributed by atoms with van der Waals surface area (Å²) in [5.74, 6) is -1.42. The molecule has 0 N–H and O–H groups in total. The second kappa shape index (κ2) is 8.02. The molecule has 0 saturated heterocycles. The number of rotatable bonds is 6. The highest BCUT2D eigenvalue weighted by atomic mass is 19.2. The summed E-state index contributed by atoms with van der Waals surface area (Å²) >= 11 is 0. The van der Waals surface area contributed by atoms with Crippen LogP contribution >= 0.6 is 0 Å². The van der Waals surface area contributed by atoms with Gasteiger partial charge >= 0.3 is 5.69 Å². The quantitative estimate of drug-likeness (QED) is 0.447. The van der Waals surface area contributed by atoms with Crippen LogP contribution in [0.5, 0.6) is 5.75 Å². The number of allylic oxidation sites excluding steroid dienone is 1. The van der Waals surface area contributed by atoms with Gasteiger partial charge in [0.25, 0.3) is 5.56 Å². The molecule has 0 radical (unpaired) electrons. The van der Waals surface area contributed by atoms with Crippen molar-refractivity contribution in [2.45, 2.75) is 13.1 Å². The summed E-state index contributed by atoms with van der Waals surface area (Å²) < 4.78 is 36.0. The summed E-state index contributed by atoms with van der Waals surface area (Å²) in [6.45, 7) is 3.67. The number of hydrogen-bond donors (Lipinski definition) is 0. The second-order valence-corrected chi connectivity index (χ2v) is 6.82. The van der Waals surface area contributed by atoms with Gasteiger partial charge in [0, 0.05) is 19.2 Å². The van der Waals surface area contributed by atoms with Crippen molar-refractivity contribution < 1.29 is 13.5 Å². The predicted octanol–water partition coefficient (Wildman–Crippen LogP) is 2.87. The SMILES string of the molecule is C=CCn1c(=O)c2c(ncn2Cc2ccc(F)c(F)c2)n(-c2cccc(OC)c2)c1=O. The molecular weight excluding hydrogens is 406 g/mol. The van der Waals surface area contributed by atoms with Gasteiger partial charge in [-0.05, 0) is 29.8 Å². The van der Waals surface area contributed by atoms with Crippen LogP contribution in [0.3, 0.4) is 0 Å². The first-order valence-corrected chi connectivity index (χ1v) is 9.34. The molecule has 0 spiro atoms. The predicted molar refractivity (Wildman–Crippen MR) is 112 cm³/mol. The van der Waals surface area contributed by atoms with Gasteiger partial charge in [-0.3, -0.25) is 9.36 Å². The van der Waals surface area contributed by atoms with Crippen molar-refractivity contribution in [3.8, 4) is 11.4 Å². The van der Waals surface area contributed by atoms with E-state index in [-0.39, 0.29) is 24.3 Å². The molecule has 0 aliphatic rings. The summed E-state index contributed by atoms with van der Waals surface area (Å²) in [6.07, 6.45) is 2.84. The topological polar surface area (TPSA) is 71.1 Å². The van der Waals surface area contributed by atoms with E-state index in [9.17, 15) is 18.4 Å². The molecule has 0 amide bonds. The Morgan fingerprint density at radius 2 is 1.94 bits per heavy atom. The highest BCUT2D eigenvalue weighted by Crippen LogP contribution is 2.19. The zero-order valence-corrected chi connectivity index (χ0v) is 16.6. The normalized spacial score (nSPS) is 11.1. The molecule has 4 aromatic rings. The van der Waals surface area contributed by atoms with Gasteiger partial charge in [-0.1, -0.05) is 18.2 Å². The van der Waals surface area contributed by atoms with E-state index >= 15 is 0 Å². The standard InChI is InChI=1S/C22H18F2N4O3/c1-3-9-27-21(29)19-20(28(22(27)30)15-5-4-6-16(11-15)31-2)25-13-26(19)12-14-7-8-17(23)18(24)10-14/h3-8,10-11,13H,1,9,12H2,2H3. The molecule has 2 aromatic heterocycles. The van der Waals surface area contributed by atoms with Crippen LogP contribution in [0.15, 0.2) is 71.0 Å². The lowest BCUT2D eigenvalue weighted by molar-refractivity contribution is 0.414. The van der Waals surface area contributed by atoms with Crippen molar-refractivity contribution in [1.29, 1.82) is 0 Å². The maximum atomic E-state index is 13.6. The molecule has 0 aliphatic heterocycles. The smallest absolute Gasteiger partial charge is 0.337 e. The number of methoxy groups -OCH3 is 1. The third-order valence-electron chi connectivity index (χ3n) is 4.86. The van der Waals surface area contributed by atoms with Gasteiger partial charge in [0.05, 0.1) is 19.1 Å². The average Bonchev–Trinajstić information content (AvgIpc) is 3.17. The molecule has 0 saturated carbocycles. The summed E-state index contributed by atoms with van der Waals surface area (Å²) in [7, 11) is 1.51. The molecule has 4 rings (SSSR count). The van der Waals surface area contributed by atoms with Crippen molar-refractivity contribution >= 4 is 11.2 Å². The van der Waals surface area contributed by atoms with E-state index in [2.05, 4.69) is 11.6 Å². The number of nitrogens with zero attached hydrogens (tertiary/aromatic N) is 4. The zero-order chi connectivity index (χ0) is 22.1. The van der Waals surface area contributed by atoms with E-state index in [0.717, 1.165) is 16.7 Å². The highest BCUT2D eigenvalue weighted by molar-refractivity contribution is 5.72. The highest BCUT2D eigenvalue weighted by Gasteiger charge is 2.19. The van der Waals surface area contributed by atoms with Crippen LogP contribution in [0, 0.1) is 11.6 Å². The largest absolute Gasteiger partial charge is 0.497 e. The number of imidazole rings is 1. The van der Waals surface area contributed by atoms with Gasteiger partial charge in [0.2, 0.25) is 0 Å². The summed E-state index contributed by atoms with van der Waals surface area (Å²) in [5.41, 5.74) is 0.0558. The van der Waals surface area contributed by atoms with E-state index < -0.39 is 22.9 Å². The lowest BCUT2D eigenvalue weighted by Crippen LogP contribution is -2.39. The van der Waals surface area contributed by atoms with Gasteiger partial charge in [0.15, 0.2) is 22.8 Å². The number of benzene rings is 2. The molecule has 0 fully saturated rings. The first kappa shape index (κ1) is 20.3. The van der Waals surface area contributed by atoms with Crippen LogP contribution in [0.4, 0.5) is 8.78 Å². The Bertz CT molecular complexity index is 1420. The third kappa shape index (κ3) is 3.54. The van der Waals surface area contributed by atoms with Crippen LogP contribution in [-0.2, 0) is 13.1 Å². The van der Waals surface area contributed by atoms with E-state index in [1.807, 2.05) is 0 Å². The van der Waals surface area contributed by atoms with Crippen LogP contribution in [0.1, 0.15) is 5.56 Å². The van der Waals surface area contributed by atoms with Crippen LogP contribution < -0.4 is 16.0 Å². The van der Waals surface area contributed by atoms with Crippen LogP contribution in [0.2, 0.25) is 0 Å². The lowest BCUT2D eigenvalue weighted by atomic mass is 10.2. The maximum absolute atomic E-state index is 13.6. The Hall–Kier alpha value is -4.01. The molecule has 0 atom stereocenters. The average molecular weight is 424 g/mol. The van der Waals surface area contributed by atoms with Gasteiger partial charge in [0.1, 0.15) is 5.75 Å². The maximum Gasteiger partial charge on any atom is 0.337 e. The molecule has 31 heavy (non-hydrogen) atoms. The summed E-state index contributed by atoms with van der Waals surface area (Å²) in [6, 6.07) is 10.3. The molecule has 2 heterocycles. The Labute approximate surface area is 175 Å². The van der Waals surface area contributed by atoms with Crippen molar-refractivity contribution in [1.82, 2.24) is 18.7 Å². The molecule has 2 aromatic carbocycles. The minimum atomic E-state index is -0.987. The molecule has 0 bridgehead atoms. The molecule has 0 aliphatic carbocycles. The van der Waals surface area contributed by atoms with Crippen molar-refractivity contribution in [3.63, 3.8) is 0 Å². The zero-order valence-electron chi connectivity index (χ0n) is 16.6. The first-order chi connectivity index (χ1) is 14.9. The molecular formula is C22H18F2N4O3. The van der Waals surface area contributed by atoms with E-state index in [0.29, 0.717) is 17.0 Å². The van der Waals surface area contributed by atoms with Gasteiger partial charge in [-0.25, -0.2) is 23.1 Å². The number of ether oxygens (including phenoxy) is 1. The fourth-order valence-corrected chi connectivity index (χ4v) is 3.41. The molecule has 9 heteroatoms. The van der Waals surface area contributed by atoms with Gasteiger partial charge in [-0.15, -0.1) is 6.58 Å². The fraction of sp³-hybridized carbons (Fsp3) is 0.136.